The van der Waals surface area contributed by atoms with Crippen molar-refractivity contribution >= 4 is 15.7 Å². The van der Waals surface area contributed by atoms with Crippen molar-refractivity contribution in [2.75, 3.05) is 6.26 Å². The summed E-state index contributed by atoms with van der Waals surface area (Å²) in [7, 11) is -3.24. The van der Waals surface area contributed by atoms with Crippen LogP contribution in [0.25, 0.3) is 0 Å². The van der Waals surface area contributed by atoms with Crippen molar-refractivity contribution in [3.8, 4) is 0 Å². The van der Waals surface area contributed by atoms with Crippen molar-refractivity contribution in [3.05, 3.63) is 12.4 Å². The summed E-state index contributed by atoms with van der Waals surface area (Å²) in [6.45, 7) is 1.86. The molecule has 84 valence electrons. The minimum atomic E-state index is -3.24. The lowest BCUT2D eigenvalue weighted by molar-refractivity contribution is 0.544. The highest BCUT2D eigenvalue weighted by Gasteiger charge is 2.16. The molecule has 0 aromatic carbocycles. The predicted octanol–water partition coefficient (Wildman–Crippen LogP) is 0.174. The van der Waals surface area contributed by atoms with E-state index in [2.05, 4.69) is 5.10 Å². The molecule has 1 unspecified atom stereocenters. The fourth-order valence-electron chi connectivity index (χ4n) is 1.23. The first kappa shape index (κ1) is 11.7. The molecule has 0 bridgehead atoms. The Balaban J connectivity index is 3.08. The molecule has 0 aliphatic rings. The largest absolute Gasteiger partial charge is 0.386 e. The molecule has 0 amide bonds. The van der Waals surface area contributed by atoms with E-state index in [9.17, 15) is 8.42 Å². The van der Waals surface area contributed by atoms with Crippen LogP contribution in [0, 0.1) is 5.41 Å². The topological polar surface area (TPSA) is 102 Å². The summed E-state index contributed by atoms with van der Waals surface area (Å²) in [6.07, 6.45) is 4.37. The Labute approximate surface area is 88.5 Å². The average molecular weight is 230 g/mol. The van der Waals surface area contributed by atoms with Gasteiger partial charge in [0.25, 0.3) is 0 Å². The molecule has 1 aromatic rings. The number of nitrogens with one attached hydrogen (secondary N) is 1. The third-order valence-corrected chi connectivity index (χ3v) is 3.14. The molecule has 6 nitrogen and oxygen atoms in total. The van der Waals surface area contributed by atoms with Gasteiger partial charge in [-0.3, -0.25) is 10.1 Å². The molecule has 1 aromatic heterocycles. The second kappa shape index (κ2) is 4.01. The highest BCUT2D eigenvalue weighted by molar-refractivity contribution is 7.90. The van der Waals surface area contributed by atoms with E-state index in [1.807, 2.05) is 6.92 Å². The van der Waals surface area contributed by atoms with Crippen LogP contribution >= 0.6 is 0 Å². The third kappa shape index (κ3) is 2.56. The number of hydrogen-bond acceptors (Lipinski definition) is 4. The normalized spacial score (nSPS) is 13.7. The Bertz CT molecular complexity index is 463. The zero-order chi connectivity index (χ0) is 11.6. The van der Waals surface area contributed by atoms with Crippen molar-refractivity contribution in [2.45, 2.75) is 24.3 Å². The fraction of sp³-hybridized carbons (Fsp3) is 0.500. The molecule has 0 fully saturated rings. The van der Waals surface area contributed by atoms with E-state index in [0.717, 1.165) is 6.26 Å². The molecule has 1 heterocycles. The van der Waals surface area contributed by atoms with Gasteiger partial charge in [0.2, 0.25) is 0 Å². The van der Waals surface area contributed by atoms with E-state index in [1.165, 1.54) is 17.1 Å². The van der Waals surface area contributed by atoms with E-state index >= 15 is 0 Å². The summed E-state index contributed by atoms with van der Waals surface area (Å²) in [5, 5.41) is 11.2. The van der Waals surface area contributed by atoms with Gasteiger partial charge in [-0.15, -0.1) is 0 Å². The van der Waals surface area contributed by atoms with Crippen molar-refractivity contribution in [3.63, 3.8) is 0 Å². The highest BCUT2D eigenvalue weighted by atomic mass is 32.2. The zero-order valence-electron chi connectivity index (χ0n) is 8.64. The summed E-state index contributed by atoms with van der Waals surface area (Å²) in [4.78, 5) is 0.141. The summed E-state index contributed by atoms with van der Waals surface area (Å²) in [6, 6.07) is -0.375. The Hall–Kier alpha value is -1.37. The number of rotatable bonds is 4. The standard InChI is InChI=1S/C8H14N4O2S/c1-3-7(8(9)10)12-5-6(4-11-12)15(2,13)14/h4-5,7H,3H2,1-2H3,(H3,9,10). The van der Waals surface area contributed by atoms with Crippen molar-refractivity contribution in [1.82, 2.24) is 9.78 Å². The maximum absolute atomic E-state index is 11.2. The minimum absolute atomic E-state index is 0.0272. The van der Waals surface area contributed by atoms with E-state index in [-0.39, 0.29) is 16.8 Å². The Morgan fingerprint density at radius 1 is 1.73 bits per heavy atom. The second-order valence-electron chi connectivity index (χ2n) is 3.31. The van der Waals surface area contributed by atoms with E-state index in [4.69, 9.17) is 11.1 Å². The maximum Gasteiger partial charge on any atom is 0.178 e. The van der Waals surface area contributed by atoms with Crippen LogP contribution in [-0.2, 0) is 9.84 Å². The smallest absolute Gasteiger partial charge is 0.178 e. The van der Waals surface area contributed by atoms with Gasteiger partial charge < -0.3 is 5.73 Å². The molecule has 0 saturated heterocycles. The predicted molar refractivity (Wildman–Crippen MR) is 56.6 cm³/mol. The summed E-state index contributed by atoms with van der Waals surface area (Å²) in [5.74, 6) is -0.0272. The molecule has 1 atom stereocenters. The molecule has 0 aliphatic heterocycles. The lowest BCUT2D eigenvalue weighted by Crippen LogP contribution is -2.25. The fourth-order valence-corrected chi connectivity index (χ4v) is 1.77. The Morgan fingerprint density at radius 3 is 2.67 bits per heavy atom. The molecule has 1 rings (SSSR count). The molecule has 15 heavy (non-hydrogen) atoms. The van der Waals surface area contributed by atoms with Crippen LogP contribution in [0.5, 0.6) is 0 Å². The molecule has 0 spiro atoms. The molecule has 0 saturated carbocycles. The SMILES string of the molecule is CCC(C(=N)N)n1cc(S(C)(=O)=O)cn1. The lowest BCUT2D eigenvalue weighted by atomic mass is 10.2. The Morgan fingerprint density at radius 2 is 2.33 bits per heavy atom. The number of sulfone groups is 1. The molecular formula is C8H14N4O2S. The first-order chi connectivity index (χ1) is 6.86. The van der Waals surface area contributed by atoms with Crippen LogP contribution in [0.15, 0.2) is 17.3 Å². The van der Waals surface area contributed by atoms with Crippen molar-refractivity contribution < 1.29 is 8.42 Å². The molecule has 0 aliphatic carbocycles. The average Bonchev–Trinajstić information content (AvgIpc) is 2.52. The van der Waals surface area contributed by atoms with Gasteiger partial charge in [0.15, 0.2) is 9.84 Å². The van der Waals surface area contributed by atoms with Crippen LogP contribution in [-0.4, -0.2) is 30.3 Å². The number of hydrogen-bond donors (Lipinski definition) is 2. The van der Waals surface area contributed by atoms with Crippen LogP contribution < -0.4 is 5.73 Å². The summed E-state index contributed by atoms with van der Waals surface area (Å²) in [5.41, 5.74) is 5.37. The lowest BCUT2D eigenvalue weighted by Gasteiger charge is -2.12. The van der Waals surface area contributed by atoms with Gasteiger partial charge in [0.1, 0.15) is 16.8 Å². The van der Waals surface area contributed by atoms with Crippen LogP contribution in [0.3, 0.4) is 0 Å². The molecular weight excluding hydrogens is 216 g/mol. The maximum atomic E-state index is 11.2. The first-order valence-corrected chi connectivity index (χ1v) is 6.33. The summed E-state index contributed by atoms with van der Waals surface area (Å²) < 4.78 is 23.8. The van der Waals surface area contributed by atoms with Gasteiger partial charge in [-0.05, 0) is 6.42 Å². The van der Waals surface area contributed by atoms with Gasteiger partial charge >= 0.3 is 0 Å². The number of nitrogens with two attached hydrogens (primary N) is 1. The quantitative estimate of drug-likeness (QED) is 0.568. The van der Waals surface area contributed by atoms with Gasteiger partial charge in [0, 0.05) is 12.5 Å². The summed E-state index contributed by atoms with van der Waals surface area (Å²) >= 11 is 0. The molecule has 7 heteroatoms. The highest BCUT2D eigenvalue weighted by Crippen LogP contribution is 2.13. The van der Waals surface area contributed by atoms with Crippen LogP contribution in [0.4, 0.5) is 0 Å². The van der Waals surface area contributed by atoms with Gasteiger partial charge in [-0.2, -0.15) is 5.10 Å². The van der Waals surface area contributed by atoms with Crippen LogP contribution in [0.1, 0.15) is 19.4 Å². The van der Waals surface area contributed by atoms with Gasteiger partial charge in [-0.1, -0.05) is 6.92 Å². The molecule has 3 N–H and O–H groups in total. The van der Waals surface area contributed by atoms with E-state index < -0.39 is 9.84 Å². The third-order valence-electron chi connectivity index (χ3n) is 2.07. The van der Waals surface area contributed by atoms with Gasteiger partial charge in [0.05, 0.1) is 6.20 Å². The number of amidine groups is 1. The number of nitrogens with zero attached hydrogens (tertiary/aromatic N) is 2. The van der Waals surface area contributed by atoms with Crippen LogP contribution in [0.2, 0.25) is 0 Å². The van der Waals surface area contributed by atoms with Gasteiger partial charge in [-0.25, -0.2) is 8.42 Å². The number of aromatic nitrogens is 2. The van der Waals surface area contributed by atoms with Crippen molar-refractivity contribution in [1.29, 1.82) is 5.41 Å². The zero-order valence-corrected chi connectivity index (χ0v) is 9.45. The minimum Gasteiger partial charge on any atom is -0.386 e. The monoisotopic (exact) mass is 230 g/mol. The molecule has 0 radical (unpaired) electrons. The van der Waals surface area contributed by atoms with E-state index in [0.29, 0.717) is 6.42 Å². The Kier molecular flexibility index (Phi) is 3.13. The second-order valence-corrected chi connectivity index (χ2v) is 5.32. The van der Waals surface area contributed by atoms with E-state index in [1.54, 1.807) is 0 Å². The first-order valence-electron chi connectivity index (χ1n) is 4.44. The van der Waals surface area contributed by atoms with Crippen molar-refractivity contribution in [2.24, 2.45) is 5.73 Å².